The van der Waals surface area contributed by atoms with E-state index in [0.29, 0.717) is 0 Å². The molecule has 1 fully saturated rings. The molecule has 3 aromatic heterocycles. The predicted molar refractivity (Wildman–Crippen MR) is 92.3 cm³/mol. The van der Waals surface area contributed by atoms with Crippen LogP contribution < -0.4 is 4.90 Å². The number of H-pyrrole nitrogens is 1. The van der Waals surface area contributed by atoms with Crippen molar-refractivity contribution in [2.75, 3.05) is 18.0 Å². The SMILES string of the molecule is CC[C@H]1CCCN(c2ccnc3[nH]cc(-c4cncnc4)c23)C1. The van der Waals surface area contributed by atoms with Crippen LogP contribution in [0.5, 0.6) is 0 Å². The maximum absolute atomic E-state index is 4.50. The maximum Gasteiger partial charge on any atom is 0.139 e. The van der Waals surface area contributed by atoms with Crippen molar-refractivity contribution in [1.82, 2.24) is 19.9 Å². The molecule has 23 heavy (non-hydrogen) atoms. The summed E-state index contributed by atoms with van der Waals surface area (Å²) in [6, 6.07) is 2.14. The van der Waals surface area contributed by atoms with Crippen LogP contribution >= 0.6 is 0 Å². The standard InChI is InChI=1S/C18H21N5/c1-2-13-4-3-7-23(11-13)16-5-6-21-18-17(16)15(10-22-18)14-8-19-12-20-9-14/h5-6,8-10,12-13H,2-4,7,11H2,1H3,(H,21,22)/t13-/m0/s1. The molecule has 3 aromatic rings. The lowest BCUT2D eigenvalue weighted by Crippen LogP contribution is -2.35. The van der Waals surface area contributed by atoms with Crippen molar-refractivity contribution >= 4 is 16.7 Å². The van der Waals surface area contributed by atoms with Gasteiger partial charge in [-0.25, -0.2) is 15.0 Å². The van der Waals surface area contributed by atoms with Crippen LogP contribution in [0.2, 0.25) is 0 Å². The molecule has 1 atom stereocenters. The number of hydrogen-bond donors (Lipinski definition) is 1. The van der Waals surface area contributed by atoms with Crippen molar-refractivity contribution in [2.45, 2.75) is 26.2 Å². The Bertz CT molecular complexity index is 796. The molecule has 0 spiro atoms. The Kier molecular flexibility index (Phi) is 3.69. The second-order valence-electron chi connectivity index (χ2n) is 6.25. The molecule has 0 radical (unpaired) electrons. The number of nitrogens with zero attached hydrogens (tertiary/aromatic N) is 4. The molecule has 0 unspecified atom stereocenters. The minimum absolute atomic E-state index is 0.786. The van der Waals surface area contributed by atoms with Gasteiger partial charge < -0.3 is 9.88 Å². The van der Waals surface area contributed by atoms with E-state index in [-0.39, 0.29) is 0 Å². The highest BCUT2D eigenvalue weighted by atomic mass is 15.1. The van der Waals surface area contributed by atoms with E-state index < -0.39 is 0 Å². The Balaban J connectivity index is 1.82. The first-order valence-electron chi connectivity index (χ1n) is 8.33. The third-order valence-electron chi connectivity index (χ3n) is 4.86. The smallest absolute Gasteiger partial charge is 0.139 e. The molecule has 0 aliphatic carbocycles. The normalized spacial score (nSPS) is 18.5. The first-order valence-corrected chi connectivity index (χ1v) is 8.33. The first-order chi connectivity index (χ1) is 11.4. The zero-order valence-electron chi connectivity index (χ0n) is 13.4. The van der Waals surface area contributed by atoms with Crippen LogP contribution in [0.25, 0.3) is 22.2 Å². The zero-order valence-corrected chi connectivity index (χ0v) is 13.4. The minimum Gasteiger partial charge on any atom is -0.371 e. The number of aromatic amines is 1. The van der Waals surface area contributed by atoms with Crippen molar-refractivity contribution in [1.29, 1.82) is 0 Å². The summed E-state index contributed by atoms with van der Waals surface area (Å²) in [5.74, 6) is 0.786. The number of fused-ring (bicyclic) bond motifs is 1. The van der Waals surface area contributed by atoms with Crippen LogP contribution in [0.1, 0.15) is 26.2 Å². The van der Waals surface area contributed by atoms with Crippen LogP contribution in [0, 0.1) is 5.92 Å². The first kappa shape index (κ1) is 14.2. The van der Waals surface area contributed by atoms with E-state index in [4.69, 9.17) is 0 Å². The monoisotopic (exact) mass is 307 g/mol. The molecule has 0 aromatic carbocycles. The van der Waals surface area contributed by atoms with Crippen molar-refractivity contribution in [3.05, 3.63) is 37.2 Å². The second kappa shape index (κ2) is 5.99. The van der Waals surface area contributed by atoms with Gasteiger partial charge in [0.15, 0.2) is 0 Å². The molecular weight excluding hydrogens is 286 g/mol. The highest BCUT2D eigenvalue weighted by molar-refractivity contribution is 6.02. The molecule has 118 valence electrons. The van der Waals surface area contributed by atoms with Crippen LogP contribution in [0.15, 0.2) is 37.2 Å². The highest BCUT2D eigenvalue weighted by Crippen LogP contribution is 2.36. The average Bonchev–Trinajstić information content (AvgIpc) is 3.06. The Hall–Kier alpha value is -2.43. The molecule has 0 amide bonds. The number of rotatable bonds is 3. The third kappa shape index (κ3) is 2.56. The lowest BCUT2D eigenvalue weighted by Gasteiger charge is -2.34. The number of aromatic nitrogens is 4. The van der Waals surface area contributed by atoms with Crippen LogP contribution in [-0.2, 0) is 0 Å². The number of anilines is 1. The Morgan fingerprint density at radius 1 is 1.30 bits per heavy atom. The quantitative estimate of drug-likeness (QED) is 0.802. The van der Waals surface area contributed by atoms with Crippen molar-refractivity contribution in [3.8, 4) is 11.1 Å². The van der Waals surface area contributed by atoms with Gasteiger partial charge in [0.25, 0.3) is 0 Å². The van der Waals surface area contributed by atoms with Gasteiger partial charge in [-0.2, -0.15) is 0 Å². The van der Waals surface area contributed by atoms with Gasteiger partial charge in [0.1, 0.15) is 12.0 Å². The number of piperidine rings is 1. The molecular formula is C18H21N5. The topological polar surface area (TPSA) is 57.7 Å². The van der Waals surface area contributed by atoms with E-state index in [9.17, 15) is 0 Å². The number of hydrogen-bond acceptors (Lipinski definition) is 4. The summed E-state index contributed by atoms with van der Waals surface area (Å²) in [5, 5.41) is 1.18. The lowest BCUT2D eigenvalue weighted by molar-refractivity contribution is 0.405. The molecule has 1 aliphatic rings. The molecule has 4 heterocycles. The van der Waals surface area contributed by atoms with E-state index in [0.717, 1.165) is 35.8 Å². The van der Waals surface area contributed by atoms with Gasteiger partial charge in [-0.1, -0.05) is 13.3 Å². The number of pyridine rings is 1. The largest absolute Gasteiger partial charge is 0.371 e. The molecule has 5 nitrogen and oxygen atoms in total. The molecule has 5 heteroatoms. The maximum atomic E-state index is 4.50. The van der Waals surface area contributed by atoms with E-state index in [1.54, 1.807) is 6.33 Å². The average molecular weight is 307 g/mol. The summed E-state index contributed by atoms with van der Waals surface area (Å²) in [5.41, 5.74) is 4.35. The van der Waals surface area contributed by atoms with Gasteiger partial charge in [-0.15, -0.1) is 0 Å². The Labute approximate surface area is 135 Å². The summed E-state index contributed by atoms with van der Waals surface area (Å²) >= 11 is 0. The van der Waals surface area contributed by atoms with Crippen LogP contribution in [0.3, 0.4) is 0 Å². The molecule has 4 rings (SSSR count). The highest BCUT2D eigenvalue weighted by Gasteiger charge is 2.22. The Morgan fingerprint density at radius 2 is 2.17 bits per heavy atom. The summed E-state index contributed by atoms with van der Waals surface area (Å²) in [4.78, 5) is 18.6. The summed E-state index contributed by atoms with van der Waals surface area (Å²) in [7, 11) is 0. The second-order valence-corrected chi connectivity index (χ2v) is 6.25. The predicted octanol–water partition coefficient (Wildman–Crippen LogP) is 3.65. The third-order valence-corrected chi connectivity index (χ3v) is 4.86. The summed E-state index contributed by atoms with van der Waals surface area (Å²) < 4.78 is 0. The minimum atomic E-state index is 0.786. The zero-order chi connectivity index (χ0) is 15.6. The van der Waals surface area contributed by atoms with Crippen LogP contribution in [-0.4, -0.2) is 33.0 Å². The van der Waals surface area contributed by atoms with Crippen LogP contribution in [0.4, 0.5) is 5.69 Å². The number of nitrogens with one attached hydrogen (secondary N) is 1. The van der Waals surface area contributed by atoms with Gasteiger partial charge >= 0.3 is 0 Å². The molecule has 1 N–H and O–H groups in total. The van der Waals surface area contributed by atoms with Crippen molar-refractivity contribution in [2.24, 2.45) is 5.92 Å². The van der Waals surface area contributed by atoms with E-state index in [1.165, 1.54) is 30.3 Å². The van der Waals surface area contributed by atoms with Gasteiger partial charge in [-0.05, 0) is 24.8 Å². The summed E-state index contributed by atoms with van der Waals surface area (Å²) in [6.45, 7) is 4.54. The molecule has 0 bridgehead atoms. The van der Waals surface area contributed by atoms with Crippen molar-refractivity contribution < 1.29 is 0 Å². The van der Waals surface area contributed by atoms with Gasteiger partial charge in [0.05, 0.1) is 0 Å². The van der Waals surface area contributed by atoms with Gasteiger partial charge in [0.2, 0.25) is 0 Å². The lowest BCUT2D eigenvalue weighted by atomic mass is 9.95. The van der Waals surface area contributed by atoms with Crippen molar-refractivity contribution in [3.63, 3.8) is 0 Å². The van der Waals surface area contributed by atoms with Gasteiger partial charge in [-0.3, -0.25) is 0 Å². The van der Waals surface area contributed by atoms with Gasteiger partial charge in [0, 0.05) is 60.1 Å². The van der Waals surface area contributed by atoms with E-state index >= 15 is 0 Å². The van der Waals surface area contributed by atoms with E-state index in [1.807, 2.05) is 24.8 Å². The molecule has 1 saturated heterocycles. The molecule has 1 aliphatic heterocycles. The summed E-state index contributed by atoms with van der Waals surface area (Å²) in [6.07, 6.45) is 13.0. The fraction of sp³-hybridized carbons (Fsp3) is 0.389. The Morgan fingerprint density at radius 3 is 3.00 bits per heavy atom. The molecule has 0 saturated carbocycles. The van der Waals surface area contributed by atoms with E-state index in [2.05, 4.69) is 37.8 Å². The fourth-order valence-corrected chi connectivity index (χ4v) is 3.59. The fourth-order valence-electron chi connectivity index (χ4n) is 3.59.